The van der Waals surface area contributed by atoms with Gasteiger partial charge in [-0.15, -0.1) is 0 Å². The van der Waals surface area contributed by atoms with Gasteiger partial charge in [-0.1, -0.05) is 0 Å². The number of hydrogen-bond acceptors (Lipinski definition) is 4. The van der Waals surface area contributed by atoms with E-state index < -0.39 is 16.8 Å². The molecule has 0 fully saturated rings. The SMILES string of the molecule is Cc1cc(CNCCS(C)=O)oc1C(=O)O. The number of furan rings is 1. The van der Waals surface area contributed by atoms with Gasteiger partial charge in [0.05, 0.1) is 6.54 Å². The third kappa shape index (κ3) is 3.79. The summed E-state index contributed by atoms with van der Waals surface area (Å²) in [5, 5.41) is 11.8. The molecular weight excluding hydrogens is 230 g/mol. The first-order chi connectivity index (χ1) is 7.50. The van der Waals surface area contributed by atoms with E-state index in [1.807, 2.05) is 0 Å². The smallest absolute Gasteiger partial charge is 0.372 e. The van der Waals surface area contributed by atoms with E-state index in [-0.39, 0.29) is 5.76 Å². The highest BCUT2D eigenvalue weighted by Crippen LogP contribution is 2.14. The summed E-state index contributed by atoms with van der Waals surface area (Å²) in [4.78, 5) is 10.7. The molecule has 1 aromatic rings. The molecule has 0 saturated carbocycles. The fraction of sp³-hybridized carbons (Fsp3) is 0.500. The van der Waals surface area contributed by atoms with Gasteiger partial charge in [0.1, 0.15) is 5.76 Å². The van der Waals surface area contributed by atoms with Crippen molar-refractivity contribution < 1.29 is 18.5 Å². The van der Waals surface area contributed by atoms with E-state index in [0.717, 1.165) is 0 Å². The average Bonchev–Trinajstić information content (AvgIpc) is 2.54. The van der Waals surface area contributed by atoms with Crippen molar-refractivity contribution in [3.8, 4) is 0 Å². The monoisotopic (exact) mass is 245 g/mol. The first-order valence-corrected chi connectivity index (χ1v) is 6.56. The molecule has 0 aliphatic carbocycles. The van der Waals surface area contributed by atoms with Crippen LogP contribution in [0.2, 0.25) is 0 Å². The van der Waals surface area contributed by atoms with Crippen LogP contribution in [0.1, 0.15) is 21.9 Å². The third-order valence-electron chi connectivity index (χ3n) is 2.03. The zero-order valence-corrected chi connectivity index (χ0v) is 10.1. The standard InChI is InChI=1S/C10H15NO4S/c1-7-5-8(15-9(7)10(12)13)6-11-3-4-16(2)14/h5,11H,3-4,6H2,1-2H3,(H,12,13). The lowest BCUT2D eigenvalue weighted by molar-refractivity contribution is 0.0659. The topological polar surface area (TPSA) is 79.5 Å². The van der Waals surface area contributed by atoms with Gasteiger partial charge in [-0.05, 0) is 13.0 Å². The Labute approximate surface area is 96.3 Å². The molecule has 0 saturated heterocycles. The Morgan fingerprint density at radius 3 is 2.81 bits per heavy atom. The van der Waals surface area contributed by atoms with Crippen LogP contribution in [0.3, 0.4) is 0 Å². The van der Waals surface area contributed by atoms with Gasteiger partial charge in [-0.25, -0.2) is 4.79 Å². The van der Waals surface area contributed by atoms with Crippen LogP contribution in [0.5, 0.6) is 0 Å². The van der Waals surface area contributed by atoms with Crippen molar-refractivity contribution in [3.05, 3.63) is 23.2 Å². The average molecular weight is 245 g/mol. The van der Waals surface area contributed by atoms with E-state index in [0.29, 0.717) is 30.2 Å². The summed E-state index contributed by atoms with van der Waals surface area (Å²) in [5.41, 5.74) is 0.614. The molecule has 0 aromatic carbocycles. The summed E-state index contributed by atoms with van der Waals surface area (Å²) >= 11 is 0. The minimum atomic E-state index is -1.06. The number of carboxylic acid groups (broad SMARTS) is 1. The van der Waals surface area contributed by atoms with Crippen molar-refractivity contribution in [1.29, 1.82) is 0 Å². The number of hydrogen-bond donors (Lipinski definition) is 2. The minimum Gasteiger partial charge on any atom is -0.475 e. The molecule has 1 unspecified atom stereocenters. The molecule has 16 heavy (non-hydrogen) atoms. The van der Waals surface area contributed by atoms with Gasteiger partial charge in [0.2, 0.25) is 5.76 Å². The zero-order valence-electron chi connectivity index (χ0n) is 9.28. The number of rotatable bonds is 6. The molecular formula is C10H15NO4S. The summed E-state index contributed by atoms with van der Waals surface area (Å²) < 4.78 is 15.9. The summed E-state index contributed by atoms with van der Waals surface area (Å²) in [5.74, 6) is 0.0805. The Kier molecular flexibility index (Phi) is 4.70. The largest absolute Gasteiger partial charge is 0.475 e. The summed E-state index contributed by atoms with van der Waals surface area (Å²) in [7, 11) is -0.817. The maximum Gasteiger partial charge on any atom is 0.372 e. The highest BCUT2D eigenvalue weighted by atomic mass is 32.2. The van der Waals surface area contributed by atoms with Crippen LogP contribution in [0.15, 0.2) is 10.5 Å². The van der Waals surface area contributed by atoms with Crippen LogP contribution >= 0.6 is 0 Å². The Morgan fingerprint density at radius 1 is 1.62 bits per heavy atom. The number of aryl methyl sites for hydroxylation is 1. The lowest BCUT2D eigenvalue weighted by Crippen LogP contribution is -2.19. The summed E-state index contributed by atoms with van der Waals surface area (Å²) in [6.07, 6.45) is 1.64. The third-order valence-corrected chi connectivity index (χ3v) is 2.81. The molecule has 5 nitrogen and oxygen atoms in total. The Balaban J connectivity index is 2.46. The van der Waals surface area contributed by atoms with E-state index >= 15 is 0 Å². The van der Waals surface area contributed by atoms with E-state index in [2.05, 4.69) is 5.32 Å². The molecule has 90 valence electrons. The van der Waals surface area contributed by atoms with Crippen molar-refractivity contribution in [2.75, 3.05) is 18.6 Å². The summed E-state index contributed by atoms with van der Waals surface area (Å²) in [6, 6.07) is 1.69. The quantitative estimate of drug-likeness (QED) is 0.723. The first kappa shape index (κ1) is 12.9. The van der Waals surface area contributed by atoms with Crippen molar-refractivity contribution >= 4 is 16.8 Å². The molecule has 2 N–H and O–H groups in total. The van der Waals surface area contributed by atoms with Gasteiger partial charge >= 0.3 is 5.97 Å². The molecule has 0 bridgehead atoms. The summed E-state index contributed by atoms with van der Waals surface area (Å²) in [6.45, 7) is 2.76. The van der Waals surface area contributed by atoms with Gasteiger partial charge in [-0.2, -0.15) is 0 Å². The van der Waals surface area contributed by atoms with Gasteiger partial charge in [-0.3, -0.25) is 4.21 Å². The highest BCUT2D eigenvalue weighted by molar-refractivity contribution is 7.84. The molecule has 1 rings (SSSR count). The van der Waals surface area contributed by atoms with Crippen LogP contribution in [0.25, 0.3) is 0 Å². The maximum absolute atomic E-state index is 10.8. The number of carboxylic acids is 1. The molecule has 1 aromatic heterocycles. The zero-order chi connectivity index (χ0) is 12.1. The number of carbonyl (C=O) groups is 1. The maximum atomic E-state index is 10.8. The van der Waals surface area contributed by atoms with Gasteiger partial charge in [0.25, 0.3) is 0 Å². The lowest BCUT2D eigenvalue weighted by atomic mass is 10.2. The predicted molar refractivity (Wildman–Crippen MR) is 61.0 cm³/mol. The van der Waals surface area contributed by atoms with Crippen molar-refractivity contribution in [1.82, 2.24) is 5.32 Å². The molecule has 0 aliphatic heterocycles. The Bertz CT molecular complexity index is 400. The molecule has 1 atom stereocenters. The second kappa shape index (κ2) is 5.81. The van der Waals surface area contributed by atoms with Gasteiger partial charge in [0, 0.05) is 34.9 Å². The minimum absolute atomic E-state index is 0.0177. The van der Waals surface area contributed by atoms with Crippen molar-refractivity contribution in [3.63, 3.8) is 0 Å². The van der Waals surface area contributed by atoms with Crippen LogP contribution in [-0.2, 0) is 17.3 Å². The van der Waals surface area contributed by atoms with Crippen LogP contribution in [0, 0.1) is 6.92 Å². The van der Waals surface area contributed by atoms with Crippen LogP contribution in [-0.4, -0.2) is 33.8 Å². The molecule has 0 spiro atoms. The first-order valence-electron chi connectivity index (χ1n) is 4.84. The second-order valence-electron chi connectivity index (χ2n) is 3.48. The molecule has 0 radical (unpaired) electrons. The second-order valence-corrected chi connectivity index (χ2v) is 5.04. The molecule has 0 aliphatic rings. The normalized spacial score (nSPS) is 12.6. The van der Waals surface area contributed by atoms with Gasteiger partial charge in [0.15, 0.2) is 0 Å². The fourth-order valence-electron chi connectivity index (χ4n) is 1.28. The Hall–Kier alpha value is -1.14. The van der Waals surface area contributed by atoms with Crippen LogP contribution < -0.4 is 5.32 Å². The van der Waals surface area contributed by atoms with E-state index in [4.69, 9.17) is 9.52 Å². The van der Waals surface area contributed by atoms with Crippen molar-refractivity contribution in [2.45, 2.75) is 13.5 Å². The van der Waals surface area contributed by atoms with Crippen molar-refractivity contribution in [2.24, 2.45) is 0 Å². The Morgan fingerprint density at radius 2 is 2.31 bits per heavy atom. The molecule has 6 heteroatoms. The fourth-order valence-corrected chi connectivity index (χ4v) is 1.71. The number of nitrogens with one attached hydrogen (secondary N) is 1. The number of aromatic carboxylic acids is 1. The van der Waals surface area contributed by atoms with E-state index in [1.54, 1.807) is 19.2 Å². The van der Waals surface area contributed by atoms with E-state index in [1.165, 1.54) is 0 Å². The van der Waals surface area contributed by atoms with E-state index in [9.17, 15) is 9.00 Å². The van der Waals surface area contributed by atoms with Crippen LogP contribution in [0.4, 0.5) is 0 Å². The molecule has 1 heterocycles. The van der Waals surface area contributed by atoms with Gasteiger partial charge < -0.3 is 14.8 Å². The highest BCUT2D eigenvalue weighted by Gasteiger charge is 2.13. The molecule has 0 amide bonds. The lowest BCUT2D eigenvalue weighted by Gasteiger charge is -1.99. The predicted octanol–water partition coefficient (Wildman–Crippen LogP) is 0.754.